The van der Waals surface area contributed by atoms with Crippen molar-refractivity contribution in [3.8, 4) is 11.1 Å². The van der Waals surface area contributed by atoms with Gasteiger partial charge in [0.05, 0.1) is 9.72 Å². The molecule has 236 valence electrons. The molecule has 8 aromatic rings. The number of para-hydroxylation sites is 3. The van der Waals surface area contributed by atoms with E-state index in [1.807, 2.05) is 0 Å². The van der Waals surface area contributed by atoms with Gasteiger partial charge in [0.15, 0.2) is 0 Å². The lowest BCUT2D eigenvalue weighted by Gasteiger charge is -2.28. The summed E-state index contributed by atoms with van der Waals surface area (Å²) in [5, 5.41) is 3.20. The zero-order valence-electron chi connectivity index (χ0n) is 27.3. The Bertz CT molecular complexity index is 2450. The predicted molar refractivity (Wildman–Crippen MR) is 211 cm³/mol. The molecule has 0 N–H and O–H groups in total. The second-order valence-electron chi connectivity index (χ2n) is 13.2. The average molecular weight is 669 g/mol. The van der Waals surface area contributed by atoms with E-state index < -0.39 is 0 Å². The van der Waals surface area contributed by atoms with Crippen LogP contribution in [0.1, 0.15) is 25.0 Å². The van der Waals surface area contributed by atoms with Gasteiger partial charge in [-0.15, -0.1) is 11.3 Å². The van der Waals surface area contributed by atoms with E-state index in [-0.39, 0.29) is 5.41 Å². The van der Waals surface area contributed by atoms with E-state index in [2.05, 4.69) is 187 Å². The highest BCUT2D eigenvalue weighted by Gasteiger charge is 2.36. The summed E-state index contributed by atoms with van der Waals surface area (Å²) in [5.41, 5.74) is 11.7. The normalized spacial score (nSPS) is 13.0. The zero-order chi connectivity index (χ0) is 33.1. The van der Waals surface area contributed by atoms with Crippen molar-refractivity contribution < 1.29 is 0 Å². The third kappa shape index (κ3) is 4.92. The average Bonchev–Trinajstić information content (AvgIpc) is 3.62. The standard InChI is InChI=1S/C45H33ClN2S/c1-45(2)40-25-23-33(47(30-14-6-3-7-15-30)31-16-8-4-9-17-31)26-38(40)36-24-22-34(28-41(36)45)48(32-18-10-5-11-19-32)35-27-39-37-20-12-13-21-43(37)49-44(39)42(46)29-35/h3-29H,1-2H3. The van der Waals surface area contributed by atoms with Crippen LogP contribution in [0.25, 0.3) is 31.3 Å². The number of fused-ring (bicyclic) bond motifs is 6. The Kier molecular flexibility index (Phi) is 7.08. The number of hydrogen-bond donors (Lipinski definition) is 0. The van der Waals surface area contributed by atoms with Gasteiger partial charge < -0.3 is 9.80 Å². The van der Waals surface area contributed by atoms with Crippen molar-refractivity contribution in [1.82, 2.24) is 0 Å². The second kappa shape index (κ2) is 11.7. The Hall–Kier alpha value is -5.35. The molecular weight excluding hydrogens is 636 g/mol. The SMILES string of the molecule is CC1(C)c2ccc(N(c3ccccc3)c3ccccc3)cc2-c2ccc(N(c3ccccc3)c3cc(Cl)c4sc5ccccc5c4c3)cc21. The number of hydrogen-bond acceptors (Lipinski definition) is 3. The summed E-state index contributed by atoms with van der Waals surface area (Å²) >= 11 is 8.82. The summed E-state index contributed by atoms with van der Waals surface area (Å²) in [5.74, 6) is 0. The number of thiophene rings is 1. The van der Waals surface area contributed by atoms with Crippen LogP contribution in [0.3, 0.4) is 0 Å². The smallest absolute Gasteiger partial charge is 0.0605 e. The first-order valence-electron chi connectivity index (χ1n) is 16.6. The monoisotopic (exact) mass is 668 g/mol. The van der Waals surface area contributed by atoms with E-state index in [9.17, 15) is 0 Å². The molecule has 0 amide bonds. The zero-order valence-corrected chi connectivity index (χ0v) is 28.8. The molecule has 7 aromatic carbocycles. The molecule has 1 aliphatic rings. The number of rotatable bonds is 6. The van der Waals surface area contributed by atoms with E-state index in [1.54, 1.807) is 11.3 Å². The maximum atomic E-state index is 7.06. The fraction of sp³-hybridized carbons (Fsp3) is 0.0667. The first-order chi connectivity index (χ1) is 24.0. The molecule has 9 rings (SSSR count). The van der Waals surface area contributed by atoms with Gasteiger partial charge in [-0.05, 0) is 101 Å². The van der Waals surface area contributed by atoms with E-state index in [1.165, 1.54) is 37.7 Å². The minimum absolute atomic E-state index is 0.183. The molecule has 0 spiro atoms. The highest BCUT2D eigenvalue weighted by atomic mass is 35.5. The summed E-state index contributed by atoms with van der Waals surface area (Å²) in [4.78, 5) is 4.68. The third-order valence-corrected chi connectivity index (χ3v) is 11.5. The van der Waals surface area contributed by atoms with Gasteiger partial charge >= 0.3 is 0 Å². The minimum atomic E-state index is -0.183. The Labute approximate surface area is 296 Å². The van der Waals surface area contributed by atoms with Gasteiger partial charge in [0, 0.05) is 55.0 Å². The van der Waals surface area contributed by atoms with Crippen molar-refractivity contribution in [1.29, 1.82) is 0 Å². The van der Waals surface area contributed by atoms with Crippen LogP contribution >= 0.6 is 22.9 Å². The molecule has 4 heteroatoms. The molecule has 0 bridgehead atoms. The number of benzene rings is 7. The van der Waals surface area contributed by atoms with Crippen molar-refractivity contribution in [3.63, 3.8) is 0 Å². The molecule has 1 aliphatic carbocycles. The molecular formula is C45H33ClN2S. The highest BCUT2D eigenvalue weighted by molar-refractivity contribution is 7.26. The van der Waals surface area contributed by atoms with Gasteiger partial charge in [0.25, 0.3) is 0 Å². The van der Waals surface area contributed by atoms with Gasteiger partial charge in [-0.2, -0.15) is 0 Å². The lowest BCUT2D eigenvalue weighted by atomic mass is 9.82. The van der Waals surface area contributed by atoms with Crippen LogP contribution in [0, 0.1) is 0 Å². The van der Waals surface area contributed by atoms with Crippen molar-refractivity contribution in [2.45, 2.75) is 19.3 Å². The van der Waals surface area contributed by atoms with Gasteiger partial charge in [-0.25, -0.2) is 0 Å². The Morgan fingerprint density at radius 1 is 0.449 bits per heavy atom. The molecule has 0 radical (unpaired) electrons. The lowest BCUT2D eigenvalue weighted by Crippen LogP contribution is -2.17. The van der Waals surface area contributed by atoms with E-state index in [0.717, 1.165) is 43.8 Å². The molecule has 1 heterocycles. The van der Waals surface area contributed by atoms with E-state index >= 15 is 0 Å². The fourth-order valence-corrected chi connectivity index (χ4v) is 8.95. The maximum absolute atomic E-state index is 7.06. The van der Waals surface area contributed by atoms with Crippen molar-refractivity contribution in [3.05, 3.63) is 180 Å². The summed E-state index contributed by atoms with van der Waals surface area (Å²) in [6, 6.07) is 58.8. The van der Waals surface area contributed by atoms with Crippen molar-refractivity contribution in [2.24, 2.45) is 0 Å². The first kappa shape index (κ1) is 29.8. The topological polar surface area (TPSA) is 6.48 Å². The Morgan fingerprint density at radius 3 is 1.65 bits per heavy atom. The molecule has 0 atom stereocenters. The van der Waals surface area contributed by atoms with Gasteiger partial charge in [-0.3, -0.25) is 0 Å². The molecule has 49 heavy (non-hydrogen) atoms. The number of halogens is 1. The van der Waals surface area contributed by atoms with E-state index in [4.69, 9.17) is 11.6 Å². The maximum Gasteiger partial charge on any atom is 0.0605 e. The van der Waals surface area contributed by atoms with Gasteiger partial charge in [0.1, 0.15) is 0 Å². The van der Waals surface area contributed by atoms with Crippen LogP contribution in [0.4, 0.5) is 34.1 Å². The molecule has 1 aromatic heterocycles. The van der Waals surface area contributed by atoms with Crippen LogP contribution < -0.4 is 9.80 Å². The summed E-state index contributed by atoms with van der Waals surface area (Å²) in [7, 11) is 0. The first-order valence-corrected chi connectivity index (χ1v) is 17.8. The van der Waals surface area contributed by atoms with Crippen LogP contribution in [-0.4, -0.2) is 0 Å². The quantitative estimate of drug-likeness (QED) is 0.174. The molecule has 0 saturated carbocycles. The number of nitrogens with zero attached hydrogens (tertiary/aromatic N) is 2. The summed E-state index contributed by atoms with van der Waals surface area (Å²) in [6.07, 6.45) is 0. The van der Waals surface area contributed by atoms with Crippen LogP contribution in [0.5, 0.6) is 0 Å². The molecule has 0 saturated heterocycles. The fourth-order valence-electron chi connectivity index (χ4n) is 7.53. The van der Waals surface area contributed by atoms with Gasteiger partial charge in [0.2, 0.25) is 0 Å². The lowest BCUT2D eigenvalue weighted by molar-refractivity contribution is 0.660. The van der Waals surface area contributed by atoms with Crippen molar-refractivity contribution >= 4 is 77.2 Å². The third-order valence-electron chi connectivity index (χ3n) is 9.88. The van der Waals surface area contributed by atoms with Crippen molar-refractivity contribution in [2.75, 3.05) is 9.80 Å². The Morgan fingerprint density at radius 2 is 1.00 bits per heavy atom. The number of anilines is 6. The van der Waals surface area contributed by atoms with Crippen LogP contribution in [0.15, 0.2) is 164 Å². The Balaban J connectivity index is 1.19. The summed E-state index contributed by atoms with van der Waals surface area (Å²) < 4.78 is 2.37. The summed E-state index contributed by atoms with van der Waals surface area (Å²) in [6.45, 7) is 4.70. The van der Waals surface area contributed by atoms with Crippen LogP contribution in [-0.2, 0) is 5.41 Å². The molecule has 2 nitrogen and oxygen atoms in total. The molecule has 0 unspecified atom stereocenters. The minimum Gasteiger partial charge on any atom is -0.310 e. The van der Waals surface area contributed by atoms with Crippen LogP contribution in [0.2, 0.25) is 5.02 Å². The predicted octanol–water partition coefficient (Wildman–Crippen LogP) is 14.0. The largest absolute Gasteiger partial charge is 0.310 e. The second-order valence-corrected chi connectivity index (χ2v) is 14.6. The molecule has 0 fully saturated rings. The van der Waals surface area contributed by atoms with Gasteiger partial charge in [-0.1, -0.05) is 110 Å². The molecule has 0 aliphatic heterocycles. The highest BCUT2D eigenvalue weighted by Crippen LogP contribution is 2.53. The van der Waals surface area contributed by atoms with E-state index in [0.29, 0.717) is 0 Å².